The first-order valence-electron chi connectivity index (χ1n) is 5.71. The Balaban J connectivity index is 2.36. The standard InChI is InChI=1S/C13H14O5S/c1-17-6-7-19(16)8-10-9-4-2-3-5-11(9)18-12(10)13(14)15/h2-5H,6-8H2,1H3,(H,14,15). The van der Waals surface area contributed by atoms with Crippen LogP contribution in [0.2, 0.25) is 0 Å². The van der Waals surface area contributed by atoms with Gasteiger partial charge in [-0.1, -0.05) is 18.2 Å². The Kier molecular flexibility index (Phi) is 4.34. The summed E-state index contributed by atoms with van der Waals surface area (Å²) in [7, 11) is 0.354. The SMILES string of the molecule is COCCS(=O)Cc1c(C(=O)O)oc2ccccc12. The zero-order valence-corrected chi connectivity index (χ0v) is 11.2. The molecular weight excluding hydrogens is 268 g/mol. The van der Waals surface area contributed by atoms with Gasteiger partial charge >= 0.3 is 5.97 Å². The van der Waals surface area contributed by atoms with Crippen LogP contribution in [0.15, 0.2) is 28.7 Å². The highest BCUT2D eigenvalue weighted by Gasteiger charge is 2.21. The predicted molar refractivity (Wildman–Crippen MR) is 71.8 cm³/mol. The van der Waals surface area contributed by atoms with Crippen molar-refractivity contribution in [1.82, 2.24) is 0 Å². The molecule has 0 aliphatic carbocycles. The van der Waals surface area contributed by atoms with Gasteiger partial charge in [0.25, 0.3) is 0 Å². The number of benzene rings is 1. The molecule has 5 nitrogen and oxygen atoms in total. The van der Waals surface area contributed by atoms with Gasteiger partial charge in [-0.2, -0.15) is 0 Å². The van der Waals surface area contributed by atoms with Crippen molar-refractivity contribution < 1.29 is 23.3 Å². The fraction of sp³-hybridized carbons (Fsp3) is 0.308. The lowest BCUT2D eigenvalue weighted by atomic mass is 10.1. The third kappa shape index (κ3) is 3.02. The summed E-state index contributed by atoms with van der Waals surface area (Å²) in [6.45, 7) is 0.380. The molecular formula is C13H14O5S. The van der Waals surface area contributed by atoms with E-state index in [1.165, 1.54) is 7.11 Å². The van der Waals surface area contributed by atoms with Gasteiger partial charge in [0.1, 0.15) is 5.58 Å². The van der Waals surface area contributed by atoms with E-state index in [1.807, 2.05) is 0 Å². The molecule has 2 aromatic rings. The van der Waals surface area contributed by atoms with Crippen LogP contribution in [0, 0.1) is 0 Å². The molecule has 1 aromatic carbocycles. The largest absolute Gasteiger partial charge is 0.475 e. The molecule has 0 saturated carbocycles. The van der Waals surface area contributed by atoms with Crippen molar-refractivity contribution in [3.63, 3.8) is 0 Å². The Bertz CT molecular complexity index is 617. The average Bonchev–Trinajstić information content (AvgIpc) is 2.76. The Morgan fingerprint density at radius 1 is 1.42 bits per heavy atom. The van der Waals surface area contributed by atoms with Gasteiger partial charge < -0.3 is 14.3 Å². The summed E-state index contributed by atoms with van der Waals surface area (Å²) in [5, 5.41) is 9.84. The number of fused-ring (bicyclic) bond motifs is 1. The van der Waals surface area contributed by atoms with E-state index in [9.17, 15) is 9.00 Å². The maximum atomic E-state index is 11.9. The fourth-order valence-corrected chi connectivity index (χ4v) is 2.93. The number of ether oxygens (including phenoxy) is 1. The van der Waals surface area contributed by atoms with Crippen LogP contribution in [0.1, 0.15) is 16.1 Å². The molecule has 1 aromatic heterocycles. The van der Waals surface area contributed by atoms with Crippen molar-refractivity contribution in [3.05, 3.63) is 35.6 Å². The second-order valence-corrected chi connectivity index (χ2v) is 5.57. The fourth-order valence-electron chi connectivity index (χ4n) is 1.82. The highest BCUT2D eigenvalue weighted by atomic mass is 32.2. The average molecular weight is 282 g/mol. The molecule has 0 saturated heterocycles. The molecule has 1 N–H and O–H groups in total. The number of carboxylic acid groups (broad SMARTS) is 1. The Morgan fingerprint density at radius 2 is 2.16 bits per heavy atom. The minimum absolute atomic E-state index is 0.132. The highest BCUT2D eigenvalue weighted by Crippen LogP contribution is 2.27. The van der Waals surface area contributed by atoms with Gasteiger partial charge in [-0.05, 0) is 6.07 Å². The topological polar surface area (TPSA) is 76.7 Å². The normalized spacial score (nSPS) is 12.7. The van der Waals surface area contributed by atoms with E-state index in [0.29, 0.717) is 28.9 Å². The van der Waals surface area contributed by atoms with E-state index in [2.05, 4.69) is 0 Å². The third-order valence-corrected chi connectivity index (χ3v) is 3.95. The van der Waals surface area contributed by atoms with E-state index in [1.54, 1.807) is 24.3 Å². The summed E-state index contributed by atoms with van der Waals surface area (Å²) < 4.78 is 22.0. The number of rotatable bonds is 6. The minimum Gasteiger partial charge on any atom is -0.475 e. The van der Waals surface area contributed by atoms with E-state index >= 15 is 0 Å². The van der Waals surface area contributed by atoms with Gasteiger partial charge in [0, 0.05) is 34.6 Å². The Morgan fingerprint density at radius 3 is 2.84 bits per heavy atom. The van der Waals surface area contributed by atoms with Crippen molar-refractivity contribution in [3.8, 4) is 0 Å². The molecule has 1 heterocycles. The number of hydrogen-bond donors (Lipinski definition) is 1. The molecule has 0 radical (unpaired) electrons. The van der Waals surface area contributed by atoms with Crippen molar-refractivity contribution in [1.29, 1.82) is 0 Å². The smallest absolute Gasteiger partial charge is 0.372 e. The summed E-state index contributed by atoms with van der Waals surface area (Å²) in [6, 6.07) is 7.03. The van der Waals surface area contributed by atoms with Crippen molar-refractivity contribution in [2.75, 3.05) is 19.5 Å². The number of methoxy groups -OCH3 is 1. The first kappa shape index (κ1) is 13.8. The molecule has 0 aliphatic heterocycles. The number of furan rings is 1. The Labute approximate surface area is 112 Å². The van der Waals surface area contributed by atoms with Crippen LogP contribution in [0.5, 0.6) is 0 Å². The molecule has 102 valence electrons. The summed E-state index contributed by atoms with van der Waals surface area (Å²) in [5.74, 6) is -0.751. The lowest BCUT2D eigenvalue weighted by Gasteiger charge is -2.01. The van der Waals surface area contributed by atoms with E-state index < -0.39 is 16.8 Å². The molecule has 0 spiro atoms. The number of hydrogen-bond acceptors (Lipinski definition) is 4. The molecule has 1 unspecified atom stereocenters. The van der Waals surface area contributed by atoms with Crippen LogP contribution in [-0.4, -0.2) is 34.8 Å². The monoisotopic (exact) mass is 282 g/mol. The van der Waals surface area contributed by atoms with Crippen LogP contribution >= 0.6 is 0 Å². The third-order valence-electron chi connectivity index (χ3n) is 2.71. The van der Waals surface area contributed by atoms with E-state index in [4.69, 9.17) is 14.3 Å². The van der Waals surface area contributed by atoms with Gasteiger partial charge in [0.05, 0.1) is 12.4 Å². The number of carboxylic acids is 1. The summed E-state index contributed by atoms with van der Waals surface area (Å²) in [4.78, 5) is 11.2. The highest BCUT2D eigenvalue weighted by molar-refractivity contribution is 7.84. The summed E-state index contributed by atoms with van der Waals surface area (Å²) >= 11 is 0. The predicted octanol–water partition coefficient (Wildman–Crippen LogP) is 2.03. The summed E-state index contributed by atoms with van der Waals surface area (Å²) in [5.41, 5.74) is 0.983. The first-order chi connectivity index (χ1) is 9.13. The molecule has 19 heavy (non-hydrogen) atoms. The molecule has 1 atom stereocenters. The molecule has 0 bridgehead atoms. The maximum absolute atomic E-state index is 11.9. The molecule has 0 aliphatic rings. The first-order valence-corrected chi connectivity index (χ1v) is 7.20. The lowest BCUT2D eigenvalue weighted by Crippen LogP contribution is -2.08. The maximum Gasteiger partial charge on any atom is 0.372 e. The zero-order valence-electron chi connectivity index (χ0n) is 10.4. The lowest BCUT2D eigenvalue weighted by molar-refractivity contribution is 0.0664. The zero-order chi connectivity index (χ0) is 13.8. The number of para-hydroxylation sites is 1. The van der Waals surface area contributed by atoms with Crippen LogP contribution in [0.4, 0.5) is 0 Å². The van der Waals surface area contributed by atoms with E-state index in [-0.39, 0.29) is 11.5 Å². The number of carbonyl (C=O) groups is 1. The molecule has 6 heteroatoms. The summed E-state index contributed by atoms with van der Waals surface area (Å²) in [6.07, 6.45) is 0. The minimum atomic E-state index is -1.18. The van der Waals surface area contributed by atoms with Crippen molar-refractivity contribution in [2.24, 2.45) is 0 Å². The number of aromatic carboxylic acids is 1. The molecule has 0 fully saturated rings. The molecule has 0 amide bonds. The molecule has 2 rings (SSSR count). The van der Waals surface area contributed by atoms with E-state index in [0.717, 1.165) is 0 Å². The second kappa shape index (κ2) is 5.99. The van der Waals surface area contributed by atoms with Gasteiger partial charge in [-0.15, -0.1) is 0 Å². The van der Waals surface area contributed by atoms with Gasteiger partial charge in [0.2, 0.25) is 5.76 Å². The van der Waals surface area contributed by atoms with Crippen molar-refractivity contribution in [2.45, 2.75) is 5.75 Å². The Hall–Kier alpha value is -1.66. The van der Waals surface area contributed by atoms with Gasteiger partial charge in [-0.25, -0.2) is 4.79 Å². The van der Waals surface area contributed by atoms with Crippen LogP contribution in [0.25, 0.3) is 11.0 Å². The van der Waals surface area contributed by atoms with Crippen LogP contribution in [0.3, 0.4) is 0 Å². The van der Waals surface area contributed by atoms with Gasteiger partial charge in [0.15, 0.2) is 0 Å². The van der Waals surface area contributed by atoms with Crippen LogP contribution < -0.4 is 0 Å². The second-order valence-electron chi connectivity index (χ2n) is 3.99. The van der Waals surface area contributed by atoms with Crippen molar-refractivity contribution >= 4 is 27.7 Å². The van der Waals surface area contributed by atoms with Crippen LogP contribution in [-0.2, 0) is 21.3 Å². The quantitative estimate of drug-likeness (QED) is 0.877. The van der Waals surface area contributed by atoms with Gasteiger partial charge in [-0.3, -0.25) is 4.21 Å².